The summed E-state index contributed by atoms with van der Waals surface area (Å²) in [4.78, 5) is 19.2. The van der Waals surface area contributed by atoms with E-state index in [4.69, 9.17) is 0 Å². The molecule has 0 fully saturated rings. The zero-order valence-corrected chi connectivity index (χ0v) is 6.80. The van der Waals surface area contributed by atoms with Gasteiger partial charge in [0.2, 0.25) is 0 Å². The summed E-state index contributed by atoms with van der Waals surface area (Å²) < 4.78 is 0. The first-order valence-electron chi connectivity index (χ1n) is 3.55. The fraction of sp³-hybridized carbons (Fsp3) is 0. The fourth-order valence-electron chi connectivity index (χ4n) is 0.600. The molecule has 0 heterocycles. The van der Waals surface area contributed by atoms with Gasteiger partial charge in [0.15, 0.2) is 5.75 Å². The smallest absolute Gasteiger partial charge is 0.299 e. The van der Waals surface area contributed by atoms with Gasteiger partial charge in [-0.1, -0.05) is 24.8 Å². The molecule has 1 aromatic carbocycles. The Labute approximate surface area is 75.2 Å². The second-order valence-electron chi connectivity index (χ2n) is 2.07. The SMILES string of the molecule is C=CC(=O)OOOc1ccccc1. The van der Waals surface area contributed by atoms with Crippen LogP contribution in [0.5, 0.6) is 5.75 Å². The van der Waals surface area contributed by atoms with E-state index < -0.39 is 5.97 Å². The van der Waals surface area contributed by atoms with Crippen LogP contribution in [0.25, 0.3) is 0 Å². The van der Waals surface area contributed by atoms with Crippen LogP contribution in [-0.4, -0.2) is 5.97 Å². The monoisotopic (exact) mass is 180 g/mol. The molecule has 68 valence electrons. The molecule has 4 nitrogen and oxygen atoms in total. The van der Waals surface area contributed by atoms with Crippen molar-refractivity contribution >= 4 is 5.97 Å². The van der Waals surface area contributed by atoms with Gasteiger partial charge in [-0.25, -0.2) is 4.79 Å². The van der Waals surface area contributed by atoms with Gasteiger partial charge in [-0.3, -0.25) is 9.78 Å². The van der Waals surface area contributed by atoms with Crippen LogP contribution in [0, 0.1) is 0 Å². The fourth-order valence-corrected chi connectivity index (χ4v) is 0.600. The first-order chi connectivity index (χ1) is 6.33. The Morgan fingerprint density at radius 1 is 1.31 bits per heavy atom. The van der Waals surface area contributed by atoms with Crippen molar-refractivity contribution in [2.45, 2.75) is 0 Å². The van der Waals surface area contributed by atoms with Gasteiger partial charge in [0, 0.05) is 11.1 Å². The molecule has 0 aliphatic rings. The summed E-state index contributed by atoms with van der Waals surface area (Å²) in [6, 6.07) is 8.65. The molecule has 1 rings (SSSR count). The minimum absolute atomic E-state index is 0.444. The Hall–Kier alpha value is -1.81. The van der Waals surface area contributed by atoms with Crippen molar-refractivity contribution in [3.05, 3.63) is 43.0 Å². The maximum absolute atomic E-state index is 10.5. The highest BCUT2D eigenvalue weighted by atomic mass is 17.5. The molecule has 0 spiro atoms. The molecule has 13 heavy (non-hydrogen) atoms. The van der Waals surface area contributed by atoms with E-state index in [-0.39, 0.29) is 0 Å². The molecule has 0 radical (unpaired) electrons. The van der Waals surface area contributed by atoms with Crippen molar-refractivity contribution in [2.24, 2.45) is 0 Å². The van der Waals surface area contributed by atoms with Crippen molar-refractivity contribution in [1.82, 2.24) is 0 Å². The lowest BCUT2D eigenvalue weighted by atomic mass is 10.3. The summed E-state index contributed by atoms with van der Waals surface area (Å²) in [7, 11) is 0. The molecular weight excluding hydrogens is 172 g/mol. The minimum atomic E-state index is -0.712. The van der Waals surface area contributed by atoms with E-state index in [0.29, 0.717) is 5.75 Å². The van der Waals surface area contributed by atoms with Crippen molar-refractivity contribution in [3.8, 4) is 5.75 Å². The third kappa shape index (κ3) is 3.39. The third-order valence-electron chi connectivity index (χ3n) is 1.16. The summed E-state index contributed by atoms with van der Waals surface area (Å²) in [5.74, 6) is -0.268. The zero-order valence-electron chi connectivity index (χ0n) is 6.80. The van der Waals surface area contributed by atoms with Crippen molar-refractivity contribution in [1.29, 1.82) is 0 Å². The Morgan fingerprint density at radius 3 is 2.62 bits per heavy atom. The Morgan fingerprint density at radius 2 is 2.00 bits per heavy atom. The highest BCUT2D eigenvalue weighted by Crippen LogP contribution is 2.08. The number of carbonyl (C=O) groups excluding carboxylic acids is 1. The van der Waals surface area contributed by atoms with Gasteiger partial charge in [0.1, 0.15) is 0 Å². The molecule has 1 aromatic rings. The van der Waals surface area contributed by atoms with E-state index in [2.05, 4.69) is 21.4 Å². The van der Waals surface area contributed by atoms with Crippen LogP contribution in [0.1, 0.15) is 0 Å². The molecule has 0 atom stereocenters. The molecule has 0 bridgehead atoms. The lowest BCUT2D eigenvalue weighted by Gasteiger charge is -2.00. The van der Waals surface area contributed by atoms with Crippen molar-refractivity contribution in [2.75, 3.05) is 0 Å². The summed E-state index contributed by atoms with van der Waals surface area (Å²) in [6.45, 7) is 3.18. The first kappa shape index (κ1) is 9.28. The summed E-state index contributed by atoms with van der Waals surface area (Å²) in [6.07, 6.45) is 0.967. The lowest BCUT2D eigenvalue weighted by molar-refractivity contribution is -0.434. The van der Waals surface area contributed by atoms with Gasteiger partial charge in [-0.2, -0.15) is 0 Å². The van der Waals surface area contributed by atoms with Crippen LogP contribution >= 0.6 is 0 Å². The zero-order chi connectivity index (χ0) is 9.52. The number of hydrogen-bond donors (Lipinski definition) is 0. The van der Waals surface area contributed by atoms with E-state index >= 15 is 0 Å². The number of para-hydroxylation sites is 1. The molecule has 0 N–H and O–H groups in total. The Kier molecular flexibility index (Phi) is 3.53. The van der Waals surface area contributed by atoms with E-state index in [0.717, 1.165) is 6.08 Å². The first-order valence-corrected chi connectivity index (χ1v) is 3.55. The van der Waals surface area contributed by atoms with E-state index in [1.54, 1.807) is 24.3 Å². The lowest BCUT2D eigenvalue weighted by Crippen LogP contribution is -2.04. The summed E-state index contributed by atoms with van der Waals surface area (Å²) >= 11 is 0. The normalized spacial score (nSPS) is 8.92. The molecule has 0 aliphatic heterocycles. The maximum atomic E-state index is 10.5. The van der Waals surface area contributed by atoms with Crippen LogP contribution in [0.4, 0.5) is 0 Å². The number of carbonyl (C=O) groups is 1. The topological polar surface area (TPSA) is 44.8 Å². The standard InChI is InChI=1S/C9H8O4/c1-2-9(10)12-13-11-8-6-4-3-5-7-8/h2-7H,1H2. The molecule has 0 unspecified atom stereocenters. The maximum Gasteiger partial charge on any atom is 0.369 e. The highest BCUT2D eigenvalue weighted by Gasteiger charge is 1.97. The predicted octanol–water partition coefficient (Wildman–Crippen LogP) is 1.64. The number of rotatable bonds is 4. The van der Waals surface area contributed by atoms with Gasteiger partial charge < -0.3 is 0 Å². The highest BCUT2D eigenvalue weighted by molar-refractivity contribution is 5.80. The van der Waals surface area contributed by atoms with Crippen molar-refractivity contribution < 1.29 is 19.6 Å². The van der Waals surface area contributed by atoms with Crippen LogP contribution in [-0.2, 0) is 14.7 Å². The average molecular weight is 180 g/mol. The second kappa shape index (κ2) is 4.95. The Bertz CT molecular complexity index is 281. The van der Waals surface area contributed by atoms with Crippen molar-refractivity contribution in [3.63, 3.8) is 0 Å². The predicted molar refractivity (Wildman–Crippen MR) is 44.4 cm³/mol. The van der Waals surface area contributed by atoms with Crippen LogP contribution in [0.3, 0.4) is 0 Å². The summed E-state index contributed by atoms with van der Waals surface area (Å²) in [5.41, 5.74) is 0. The van der Waals surface area contributed by atoms with E-state index in [9.17, 15) is 4.79 Å². The second-order valence-corrected chi connectivity index (χ2v) is 2.07. The van der Waals surface area contributed by atoms with Crippen LogP contribution in [0.2, 0.25) is 0 Å². The van der Waals surface area contributed by atoms with E-state index in [1.165, 1.54) is 0 Å². The Balaban J connectivity index is 2.28. The van der Waals surface area contributed by atoms with Gasteiger partial charge in [0.05, 0.1) is 0 Å². The largest absolute Gasteiger partial charge is 0.369 e. The summed E-state index contributed by atoms with van der Waals surface area (Å²) in [5, 5.41) is 4.15. The van der Waals surface area contributed by atoms with Crippen LogP contribution < -0.4 is 4.89 Å². The molecule has 0 aromatic heterocycles. The van der Waals surface area contributed by atoms with Gasteiger partial charge >= 0.3 is 5.97 Å². The third-order valence-corrected chi connectivity index (χ3v) is 1.16. The molecular formula is C9H8O4. The van der Waals surface area contributed by atoms with E-state index in [1.807, 2.05) is 6.07 Å². The molecule has 0 saturated carbocycles. The molecule has 0 aliphatic carbocycles. The van der Waals surface area contributed by atoms with Crippen LogP contribution in [0.15, 0.2) is 43.0 Å². The number of benzene rings is 1. The van der Waals surface area contributed by atoms with Gasteiger partial charge in [0.25, 0.3) is 0 Å². The molecule has 4 heteroatoms. The molecule has 0 amide bonds. The quantitative estimate of drug-likeness (QED) is 0.401. The minimum Gasteiger partial charge on any atom is -0.299 e. The average Bonchev–Trinajstić information content (AvgIpc) is 2.19. The van der Waals surface area contributed by atoms with Gasteiger partial charge in [-0.15, -0.1) is 0 Å². The van der Waals surface area contributed by atoms with Gasteiger partial charge in [-0.05, 0) is 12.1 Å². The number of hydrogen-bond acceptors (Lipinski definition) is 4. The molecule has 0 saturated heterocycles.